The van der Waals surface area contributed by atoms with E-state index in [2.05, 4.69) is 213 Å². The number of hydrogen-bond acceptors (Lipinski definition) is 4. The molecule has 5 heteroatoms. The van der Waals surface area contributed by atoms with Crippen LogP contribution in [-0.4, -0.2) is 10.4 Å². The fraction of sp³-hybridized carbons (Fsp3) is 0. The summed E-state index contributed by atoms with van der Waals surface area (Å²) in [7, 11) is 0. The van der Waals surface area contributed by atoms with Gasteiger partial charge in [-0.3, -0.25) is 4.90 Å². The third-order valence-corrected chi connectivity index (χ3v) is 10.4. The van der Waals surface area contributed by atoms with Crippen molar-refractivity contribution < 1.29 is 0 Å². The maximum Gasteiger partial charge on any atom is 0.165 e. The van der Waals surface area contributed by atoms with E-state index in [0.29, 0.717) is 0 Å². The first-order valence-electron chi connectivity index (χ1n) is 18.8. The van der Waals surface area contributed by atoms with E-state index >= 15 is 0 Å². The number of benzene rings is 8. The highest BCUT2D eigenvalue weighted by molar-refractivity contribution is 6.21. The summed E-state index contributed by atoms with van der Waals surface area (Å²) in [4.78, 5) is 4.48. The zero-order valence-corrected chi connectivity index (χ0v) is 30.7. The maximum absolute atomic E-state index is 5.52. The predicted octanol–water partition coefficient (Wildman–Crippen LogP) is 13.2. The molecule has 0 aliphatic carbocycles. The maximum atomic E-state index is 5.52. The molecule has 0 amide bonds. The topological polar surface area (TPSA) is 27.0 Å². The Bertz CT molecular complexity index is 2810. The molecule has 0 fully saturated rings. The van der Waals surface area contributed by atoms with Gasteiger partial charge < -0.3 is 9.47 Å². The molecule has 0 saturated carbocycles. The highest BCUT2D eigenvalue weighted by atomic mass is 15.5. The summed E-state index contributed by atoms with van der Waals surface area (Å²) >= 11 is 0. The molecule has 266 valence electrons. The van der Waals surface area contributed by atoms with Crippen molar-refractivity contribution >= 4 is 67.5 Å². The van der Waals surface area contributed by atoms with E-state index in [4.69, 9.17) is 11.7 Å². The van der Waals surface area contributed by atoms with E-state index in [1.807, 2.05) is 18.2 Å². The van der Waals surface area contributed by atoms with Crippen LogP contribution >= 0.6 is 0 Å². The quantitative estimate of drug-likeness (QED) is 0.164. The van der Waals surface area contributed by atoms with Gasteiger partial charge in [-0.2, -0.15) is 0 Å². The van der Waals surface area contributed by atoms with Crippen LogP contribution in [-0.2, 0) is 0 Å². The van der Waals surface area contributed by atoms with Gasteiger partial charge in [-0.1, -0.05) is 128 Å². The van der Waals surface area contributed by atoms with E-state index in [1.165, 1.54) is 5.39 Å². The van der Waals surface area contributed by atoms with Crippen LogP contribution in [0.5, 0.6) is 0 Å². The number of amidine groups is 1. The van der Waals surface area contributed by atoms with Crippen molar-refractivity contribution in [2.75, 3.05) is 14.8 Å². The minimum absolute atomic E-state index is 0.788. The minimum atomic E-state index is 0.788. The second-order valence-electron chi connectivity index (χ2n) is 13.8. The molecule has 2 heterocycles. The standard InChI is InChI=1S/C51H37N5/c1-37-46-35-47-45-29-17-18-30-48(45)55(43-33-31-42(32-34-43)54(40-23-11-4-12-24-40)41-25-13-5-14-26-41)49(47)36-50(46)56(44-27-15-6-16-28-44)52-51(38-19-7-2-8-20-38)53(37)39-21-9-3-10-22-39/h2-36H,1H2. The molecule has 8 aromatic carbocycles. The lowest BCUT2D eigenvalue weighted by Crippen LogP contribution is -2.30. The summed E-state index contributed by atoms with van der Waals surface area (Å²) < 4.78 is 2.37. The Morgan fingerprint density at radius 2 is 0.946 bits per heavy atom. The fourth-order valence-electron chi connectivity index (χ4n) is 7.88. The summed E-state index contributed by atoms with van der Waals surface area (Å²) in [6, 6.07) is 74.3. The third kappa shape index (κ3) is 5.70. The Labute approximate surface area is 326 Å². The first-order valence-corrected chi connectivity index (χ1v) is 18.8. The van der Waals surface area contributed by atoms with Crippen molar-refractivity contribution in [3.05, 3.63) is 230 Å². The second-order valence-corrected chi connectivity index (χ2v) is 13.8. The van der Waals surface area contributed by atoms with Crippen molar-refractivity contribution in [3.63, 3.8) is 0 Å². The van der Waals surface area contributed by atoms with Crippen LogP contribution in [0.2, 0.25) is 0 Å². The van der Waals surface area contributed by atoms with Crippen LogP contribution < -0.4 is 14.8 Å². The van der Waals surface area contributed by atoms with E-state index in [1.54, 1.807) is 0 Å². The van der Waals surface area contributed by atoms with Gasteiger partial charge >= 0.3 is 0 Å². The van der Waals surface area contributed by atoms with Gasteiger partial charge in [0.15, 0.2) is 5.84 Å². The molecular weight excluding hydrogens is 683 g/mol. The number of aromatic nitrogens is 1. The van der Waals surface area contributed by atoms with Gasteiger partial charge in [-0.05, 0) is 91.0 Å². The van der Waals surface area contributed by atoms with Crippen LogP contribution in [0.15, 0.2) is 224 Å². The average Bonchev–Trinajstić information content (AvgIpc) is 3.53. The molecule has 1 aromatic heterocycles. The van der Waals surface area contributed by atoms with Crippen molar-refractivity contribution in [3.8, 4) is 5.69 Å². The number of hydrazone groups is 1. The Hall–Kier alpha value is -7.63. The molecule has 0 unspecified atom stereocenters. The monoisotopic (exact) mass is 719 g/mol. The van der Waals surface area contributed by atoms with E-state index < -0.39 is 0 Å². The minimum Gasteiger partial charge on any atom is -0.311 e. The van der Waals surface area contributed by atoms with E-state index in [0.717, 1.165) is 78.9 Å². The molecule has 10 rings (SSSR count). The molecule has 0 atom stereocenters. The zero-order chi connectivity index (χ0) is 37.4. The van der Waals surface area contributed by atoms with E-state index in [-0.39, 0.29) is 0 Å². The van der Waals surface area contributed by atoms with Crippen molar-refractivity contribution in [2.45, 2.75) is 0 Å². The number of anilines is 6. The van der Waals surface area contributed by atoms with Gasteiger partial charge in [-0.15, -0.1) is 5.10 Å². The third-order valence-electron chi connectivity index (χ3n) is 10.4. The summed E-state index contributed by atoms with van der Waals surface area (Å²) in [5.74, 6) is 0.788. The highest BCUT2D eigenvalue weighted by Gasteiger charge is 2.30. The summed E-state index contributed by atoms with van der Waals surface area (Å²) in [6.45, 7) is 4.81. The number of hydrogen-bond donors (Lipinski definition) is 0. The van der Waals surface area contributed by atoms with Crippen LogP contribution in [0, 0.1) is 0 Å². The Morgan fingerprint density at radius 1 is 0.429 bits per heavy atom. The van der Waals surface area contributed by atoms with Gasteiger partial charge in [0.1, 0.15) is 0 Å². The second kappa shape index (κ2) is 14.0. The van der Waals surface area contributed by atoms with Gasteiger partial charge in [0, 0.05) is 56.0 Å². The molecule has 0 saturated heterocycles. The Balaban J connectivity index is 1.20. The van der Waals surface area contributed by atoms with Crippen molar-refractivity contribution in [1.82, 2.24) is 4.57 Å². The summed E-state index contributed by atoms with van der Waals surface area (Å²) in [5.41, 5.74) is 12.3. The average molecular weight is 720 g/mol. The highest BCUT2D eigenvalue weighted by Crippen LogP contribution is 2.45. The molecule has 1 aliphatic heterocycles. The van der Waals surface area contributed by atoms with Crippen LogP contribution in [0.4, 0.5) is 34.1 Å². The molecule has 0 radical (unpaired) electrons. The van der Waals surface area contributed by atoms with Crippen molar-refractivity contribution in [2.24, 2.45) is 5.10 Å². The summed E-state index contributed by atoms with van der Waals surface area (Å²) in [6.07, 6.45) is 0. The number of fused-ring (bicyclic) bond motifs is 4. The largest absolute Gasteiger partial charge is 0.311 e. The lowest BCUT2D eigenvalue weighted by Gasteiger charge is -2.27. The predicted molar refractivity (Wildman–Crippen MR) is 235 cm³/mol. The lowest BCUT2D eigenvalue weighted by atomic mass is 10.0. The van der Waals surface area contributed by atoms with Crippen LogP contribution in [0.25, 0.3) is 33.2 Å². The molecule has 5 nitrogen and oxygen atoms in total. The first kappa shape index (κ1) is 33.0. The molecule has 0 N–H and O–H groups in total. The number of rotatable bonds is 7. The fourth-order valence-corrected chi connectivity index (χ4v) is 7.88. The Kier molecular flexibility index (Phi) is 8.23. The molecule has 0 bridgehead atoms. The normalized spacial score (nSPS) is 12.7. The van der Waals surface area contributed by atoms with Crippen LogP contribution in [0.3, 0.4) is 0 Å². The van der Waals surface area contributed by atoms with Crippen LogP contribution in [0.1, 0.15) is 11.1 Å². The number of nitrogens with zero attached hydrogens (tertiary/aromatic N) is 5. The molecule has 56 heavy (non-hydrogen) atoms. The molecule has 0 spiro atoms. The number of para-hydroxylation sites is 5. The van der Waals surface area contributed by atoms with E-state index in [9.17, 15) is 0 Å². The van der Waals surface area contributed by atoms with Gasteiger partial charge in [0.25, 0.3) is 0 Å². The Morgan fingerprint density at radius 3 is 1.57 bits per heavy atom. The summed E-state index contributed by atoms with van der Waals surface area (Å²) in [5, 5.41) is 9.91. The SMILES string of the molecule is C=C1c2cc3c4ccccc4n(-c4ccc(N(c5ccccc5)c5ccccc5)cc4)c3cc2N(c2ccccc2)N=C(c2ccccc2)N1c1ccccc1. The molecular formula is C51H37N5. The smallest absolute Gasteiger partial charge is 0.165 e. The molecule has 1 aliphatic rings. The van der Waals surface area contributed by atoms with Gasteiger partial charge in [-0.25, -0.2) is 5.01 Å². The van der Waals surface area contributed by atoms with Crippen molar-refractivity contribution in [1.29, 1.82) is 0 Å². The molecule has 9 aromatic rings. The first-order chi connectivity index (χ1) is 27.7. The zero-order valence-electron chi connectivity index (χ0n) is 30.7. The van der Waals surface area contributed by atoms with Gasteiger partial charge in [0.05, 0.1) is 22.4 Å². The lowest BCUT2D eigenvalue weighted by molar-refractivity contribution is 1.08. The van der Waals surface area contributed by atoms with Gasteiger partial charge in [0.2, 0.25) is 0 Å².